The van der Waals surface area contributed by atoms with Crippen LogP contribution < -0.4 is 5.32 Å². The molecule has 4 nitrogen and oxygen atoms in total. The lowest BCUT2D eigenvalue weighted by Gasteiger charge is -2.10. The van der Waals surface area contributed by atoms with Gasteiger partial charge in [-0.2, -0.15) is 5.10 Å². The Hall–Kier alpha value is -2.14. The van der Waals surface area contributed by atoms with Crippen LogP contribution in [-0.4, -0.2) is 16.8 Å². The summed E-state index contributed by atoms with van der Waals surface area (Å²) in [4.78, 5) is 0. The fourth-order valence-corrected chi connectivity index (χ4v) is 2.20. The molecule has 1 aromatic carbocycles. The van der Waals surface area contributed by atoms with E-state index < -0.39 is 0 Å². The van der Waals surface area contributed by atoms with Crippen molar-refractivity contribution < 1.29 is 8.81 Å². The number of hydrogen-bond donors (Lipinski definition) is 1. The van der Waals surface area contributed by atoms with Gasteiger partial charge in [0.25, 0.3) is 0 Å². The van der Waals surface area contributed by atoms with Crippen molar-refractivity contribution in [3.63, 3.8) is 0 Å². The highest BCUT2D eigenvalue weighted by atomic mass is 19.1. The van der Waals surface area contributed by atoms with Gasteiger partial charge in [-0.05, 0) is 37.4 Å². The number of benzene rings is 1. The summed E-state index contributed by atoms with van der Waals surface area (Å²) < 4.78 is 20.7. The van der Waals surface area contributed by atoms with Gasteiger partial charge in [0, 0.05) is 18.6 Å². The molecule has 0 saturated heterocycles. The van der Waals surface area contributed by atoms with Gasteiger partial charge >= 0.3 is 0 Å². The number of nitrogens with zero attached hydrogens (tertiary/aromatic N) is 2. The molecule has 1 atom stereocenters. The lowest BCUT2D eigenvalue weighted by molar-refractivity contribution is 0.482. The predicted molar refractivity (Wildman–Crippen MR) is 70.3 cm³/mol. The first-order chi connectivity index (χ1) is 9.17. The molecule has 1 unspecified atom stereocenters. The molecule has 2 heterocycles. The number of aryl methyl sites for hydroxylation is 1. The zero-order valence-corrected chi connectivity index (χ0v) is 10.7. The quantitative estimate of drug-likeness (QED) is 0.786. The zero-order valence-electron chi connectivity index (χ0n) is 10.7. The van der Waals surface area contributed by atoms with Crippen molar-refractivity contribution in [2.75, 3.05) is 7.05 Å². The highest BCUT2D eigenvalue weighted by Gasteiger charge is 2.19. The fourth-order valence-electron chi connectivity index (χ4n) is 2.20. The van der Waals surface area contributed by atoms with Crippen LogP contribution >= 0.6 is 0 Å². The molecule has 0 aliphatic rings. The van der Waals surface area contributed by atoms with E-state index in [9.17, 15) is 4.39 Å². The van der Waals surface area contributed by atoms with Crippen LogP contribution in [0.15, 0.2) is 40.9 Å². The third kappa shape index (κ3) is 2.13. The van der Waals surface area contributed by atoms with E-state index in [2.05, 4.69) is 10.4 Å². The Balaban J connectivity index is 2.06. The average molecular weight is 259 g/mol. The maximum Gasteiger partial charge on any atom is 0.134 e. The summed E-state index contributed by atoms with van der Waals surface area (Å²) in [6.07, 6.45) is 1.88. The third-order valence-corrected chi connectivity index (χ3v) is 3.10. The standard InChI is InChI=1S/C14H14FN3O/c1-16-14(11-5-6-18(2)17-11)13-8-9-7-10(15)3-4-12(9)19-13/h3-8,14,16H,1-2H3. The largest absolute Gasteiger partial charge is 0.459 e. The maximum atomic E-state index is 13.2. The molecule has 0 spiro atoms. The van der Waals surface area contributed by atoms with Gasteiger partial charge in [-0.15, -0.1) is 0 Å². The van der Waals surface area contributed by atoms with Crippen molar-refractivity contribution in [3.8, 4) is 0 Å². The number of halogens is 1. The van der Waals surface area contributed by atoms with Gasteiger partial charge < -0.3 is 9.73 Å². The molecular weight excluding hydrogens is 245 g/mol. The summed E-state index contributed by atoms with van der Waals surface area (Å²) in [6, 6.07) is 8.12. The van der Waals surface area contributed by atoms with Gasteiger partial charge in [-0.3, -0.25) is 4.68 Å². The smallest absolute Gasteiger partial charge is 0.134 e. The molecule has 0 amide bonds. The van der Waals surface area contributed by atoms with Crippen LogP contribution in [0.3, 0.4) is 0 Å². The lowest BCUT2D eigenvalue weighted by Crippen LogP contribution is -2.17. The summed E-state index contributed by atoms with van der Waals surface area (Å²) in [5.41, 5.74) is 1.54. The van der Waals surface area contributed by atoms with Crippen LogP contribution in [0.25, 0.3) is 11.0 Å². The summed E-state index contributed by atoms with van der Waals surface area (Å²) in [7, 11) is 3.71. The number of fused-ring (bicyclic) bond motifs is 1. The third-order valence-electron chi connectivity index (χ3n) is 3.10. The predicted octanol–water partition coefficient (Wildman–Crippen LogP) is 2.61. The van der Waals surface area contributed by atoms with Crippen LogP contribution in [0.1, 0.15) is 17.5 Å². The highest BCUT2D eigenvalue weighted by molar-refractivity contribution is 5.78. The number of hydrogen-bond acceptors (Lipinski definition) is 3. The van der Waals surface area contributed by atoms with Crippen LogP contribution in [0.2, 0.25) is 0 Å². The number of furan rings is 1. The minimum Gasteiger partial charge on any atom is -0.459 e. The van der Waals surface area contributed by atoms with Crippen molar-refractivity contribution in [3.05, 3.63) is 53.8 Å². The van der Waals surface area contributed by atoms with Crippen molar-refractivity contribution in [2.45, 2.75) is 6.04 Å². The number of aromatic nitrogens is 2. The van der Waals surface area contributed by atoms with E-state index in [0.29, 0.717) is 5.58 Å². The van der Waals surface area contributed by atoms with Crippen LogP contribution in [0.4, 0.5) is 4.39 Å². The molecule has 0 radical (unpaired) electrons. The summed E-state index contributed by atoms with van der Waals surface area (Å²) in [5, 5.41) is 8.28. The Bertz CT molecular complexity index is 716. The lowest BCUT2D eigenvalue weighted by atomic mass is 10.1. The minimum absolute atomic E-state index is 0.142. The Morgan fingerprint density at radius 3 is 2.84 bits per heavy atom. The van der Waals surface area contributed by atoms with Crippen LogP contribution in [0, 0.1) is 5.82 Å². The Kier molecular flexibility index (Phi) is 2.83. The SMILES string of the molecule is CNC(c1ccn(C)n1)c1cc2cc(F)ccc2o1. The summed E-state index contributed by atoms with van der Waals surface area (Å²) in [5.74, 6) is 0.459. The highest BCUT2D eigenvalue weighted by Crippen LogP contribution is 2.27. The molecule has 0 bridgehead atoms. The maximum absolute atomic E-state index is 13.2. The first-order valence-corrected chi connectivity index (χ1v) is 6.03. The first-order valence-electron chi connectivity index (χ1n) is 6.03. The van der Waals surface area contributed by atoms with E-state index in [1.54, 1.807) is 10.7 Å². The molecule has 0 saturated carbocycles. The van der Waals surface area contributed by atoms with Gasteiger partial charge in [0.2, 0.25) is 0 Å². The fraction of sp³-hybridized carbons (Fsp3) is 0.214. The second-order valence-electron chi connectivity index (χ2n) is 4.47. The topological polar surface area (TPSA) is 43.0 Å². The Morgan fingerprint density at radius 2 is 2.16 bits per heavy atom. The molecular formula is C14H14FN3O. The van der Waals surface area contributed by atoms with Gasteiger partial charge in [0.05, 0.1) is 5.69 Å². The molecule has 3 rings (SSSR count). The first kappa shape index (κ1) is 11.9. The normalized spacial score (nSPS) is 13.0. The van der Waals surface area contributed by atoms with Crippen molar-refractivity contribution in [1.29, 1.82) is 0 Å². The second kappa shape index (κ2) is 4.51. The van der Waals surface area contributed by atoms with E-state index >= 15 is 0 Å². The molecule has 5 heteroatoms. The molecule has 2 aromatic heterocycles. The summed E-state index contributed by atoms with van der Waals surface area (Å²) in [6.45, 7) is 0. The zero-order chi connectivity index (χ0) is 13.4. The molecule has 0 aliphatic heterocycles. The van der Waals surface area contributed by atoms with E-state index in [0.717, 1.165) is 16.8 Å². The van der Waals surface area contributed by atoms with E-state index in [-0.39, 0.29) is 11.9 Å². The molecule has 1 N–H and O–H groups in total. The van der Waals surface area contributed by atoms with Crippen LogP contribution in [-0.2, 0) is 7.05 Å². The minimum atomic E-state index is -0.265. The Labute approximate surface area is 109 Å². The van der Waals surface area contributed by atoms with E-state index in [1.165, 1.54) is 12.1 Å². The molecule has 19 heavy (non-hydrogen) atoms. The van der Waals surface area contributed by atoms with Gasteiger partial charge in [0.15, 0.2) is 0 Å². The van der Waals surface area contributed by atoms with Crippen LogP contribution in [0.5, 0.6) is 0 Å². The van der Waals surface area contributed by atoms with Crippen molar-refractivity contribution >= 4 is 11.0 Å². The Morgan fingerprint density at radius 1 is 1.32 bits per heavy atom. The average Bonchev–Trinajstić information content (AvgIpc) is 2.96. The molecule has 0 aliphatic carbocycles. The van der Waals surface area contributed by atoms with Gasteiger partial charge in [-0.25, -0.2) is 4.39 Å². The summed E-state index contributed by atoms with van der Waals surface area (Å²) >= 11 is 0. The second-order valence-corrected chi connectivity index (χ2v) is 4.47. The number of rotatable bonds is 3. The molecule has 0 fully saturated rings. The van der Waals surface area contributed by atoms with Crippen molar-refractivity contribution in [2.24, 2.45) is 7.05 Å². The van der Waals surface area contributed by atoms with Gasteiger partial charge in [0.1, 0.15) is 23.2 Å². The monoisotopic (exact) mass is 259 g/mol. The molecule has 98 valence electrons. The van der Waals surface area contributed by atoms with E-state index in [4.69, 9.17) is 4.42 Å². The number of nitrogens with one attached hydrogen (secondary N) is 1. The van der Waals surface area contributed by atoms with Crippen molar-refractivity contribution in [1.82, 2.24) is 15.1 Å². The van der Waals surface area contributed by atoms with Gasteiger partial charge in [-0.1, -0.05) is 0 Å². The van der Waals surface area contributed by atoms with E-state index in [1.807, 2.05) is 32.4 Å². The molecule has 3 aromatic rings.